The van der Waals surface area contributed by atoms with Crippen molar-refractivity contribution in [3.63, 3.8) is 0 Å². The number of aromatic nitrogens is 3. The van der Waals surface area contributed by atoms with Gasteiger partial charge in [-0.2, -0.15) is 5.26 Å². The molecule has 10 heteroatoms. The maximum atomic E-state index is 13.8. The van der Waals surface area contributed by atoms with Crippen LogP contribution >= 0.6 is 0 Å². The summed E-state index contributed by atoms with van der Waals surface area (Å²) in [5, 5.41) is 10.7. The lowest BCUT2D eigenvalue weighted by atomic mass is 9.97. The first-order chi connectivity index (χ1) is 20.0. The van der Waals surface area contributed by atoms with Crippen molar-refractivity contribution in [2.24, 2.45) is 0 Å². The summed E-state index contributed by atoms with van der Waals surface area (Å²) in [7, 11) is -1.08. The minimum absolute atomic E-state index is 0.152. The Morgan fingerprint density at radius 1 is 1.12 bits per heavy atom. The number of rotatable bonds is 10. The molecule has 4 aromatic rings. The summed E-state index contributed by atoms with van der Waals surface area (Å²) >= 11 is 0. The standard InChI is InChI=1S/C33H47N5O3SSi/c1-22-18-27(40-8)28(24-14-15-38(30(22)24)32(2,3)4)29(36-42(39)33(5,6)7)31-35-25-13-12-23(20-34)19-26(25)37(31)21-41-16-17-43(9,10)11/h12-15,18-19,29,36H,16-17,21H2,1-11H3. The maximum absolute atomic E-state index is 13.8. The number of imidazole rings is 1. The average molecular weight is 622 g/mol. The fourth-order valence-corrected chi connectivity index (χ4v) is 6.73. The number of hydrogen-bond acceptors (Lipinski definition) is 5. The zero-order valence-corrected chi connectivity index (χ0v) is 29.4. The fraction of sp³-hybridized carbons (Fsp3) is 0.515. The van der Waals surface area contributed by atoms with Crippen molar-refractivity contribution < 1.29 is 13.7 Å². The Kier molecular flexibility index (Phi) is 9.34. The van der Waals surface area contributed by atoms with Gasteiger partial charge in [-0.1, -0.05) is 19.6 Å². The minimum atomic E-state index is -1.45. The molecule has 0 spiro atoms. The van der Waals surface area contributed by atoms with Crippen LogP contribution in [0.5, 0.6) is 5.75 Å². The molecule has 4 rings (SSSR count). The number of nitrogens with zero attached hydrogens (tertiary/aromatic N) is 4. The molecule has 2 heterocycles. The van der Waals surface area contributed by atoms with Crippen molar-refractivity contribution in [1.82, 2.24) is 18.8 Å². The van der Waals surface area contributed by atoms with Crippen molar-refractivity contribution in [1.29, 1.82) is 5.26 Å². The molecular formula is C33H47N5O3SSi. The van der Waals surface area contributed by atoms with Gasteiger partial charge < -0.3 is 18.6 Å². The first kappa shape index (κ1) is 32.9. The molecule has 0 radical (unpaired) electrons. The van der Waals surface area contributed by atoms with Crippen LogP contribution in [0.2, 0.25) is 25.7 Å². The summed E-state index contributed by atoms with van der Waals surface area (Å²) in [6.07, 6.45) is 2.11. The molecular weight excluding hydrogens is 575 g/mol. The van der Waals surface area contributed by atoms with Gasteiger partial charge in [0.05, 0.1) is 51.0 Å². The topological polar surface area (TPSA) is 94.1 Å². The van der Waals surface area contributed by atoms with E-state index >= 15 is 0 Å². The van der Waals surface area contributed by atoms with Gasteiger partial charge >= 0.3 is 0 Å². The lowest BCUT2D eigenvalue weighted by Crippen LogP contribution is -2.37. The van der Waals surface area contributed by atoms with Crippen LogP contribution in [0.15, 0.2) is 36.5 Å². The Hall–Kier alpha value is -2.97. The SMILES string of the molecule is COc1cc(C)c2c(ccn2C(C)(C)C)c1C(NS(=O)C(C)(C)C)c1nc2ccc(C#N)cc2n1COCC[Si](C)(C)C. The first-order valence-electron chi connectivity index (χ1n) is 14.8. The molecule has 0 amide bonds. The second-order valence-electron chi connectivity index (χ2n) is 14.4. The summed E-state index contributed by atoms with van der Waals surface area (Å²) in [4.78, 5) is 5.11. The molecule has 0 bridgehead atoms. The van der Waals surface area contributed by atoms with Crippen LogP contribution in [0.4, 0.5) is 0 Å². The number of ether oxygens (including phenoxy) is 2. The van der Waals surface area contributed by atoms with Gasteiger partial charge in [0.1, 0.15) is 24.3 Å². The van der Waals surface area contributed by atoms with Gasteiger partial charge in [0.2, 0.25) is 0 Å². The number of benzene rings is 2. The van der Waals surface area contributed by atoms with E-state index in [-0.39, 0.29) is 12.3 Å². The third kappa shape index (κ3) is 7.06. The van der Waals surface area contributed by atoms with Gasteiger partial charge in [-0.25, -0.2) is 13.9 Å². The number of nitrogens with one attached hydrogen (secondary N) is 1. The quantitative estimate of drug-likeness (QED) is 0.147. The molecule has 0 aliphatic rings. The van der Waals surface area contributed by atoms with Gasteiger partial charge in [0.25, 0.3) is 0 Å². The van der Waals surface area contributed by atoms with Crippen LogP contribution in [0.25, 0.3) is 21.9 Å². The Morgan fingerprint density at radius 3 is 2.40 bits per heavy atom. The van der Waals surface area contributed by atoms with Crippen molar-refractivity contribution in [3.8, 4) is 11.8 Å². The van der Waals surface area contributed by atoms with E-state index in [4.69, 9.17) is 14.5 Å². The molecule has 2 unspecified atom stereocenters. The Morgan fingerprint density at radius 2 is 1.81 bits per heavy atom. The van der Waals surface area contributed by atoms with Crippen LogP contribution in [0, 0.1) is 18.3 Å². The molecule has 0 aliphatic carbocycles. The highest BCUT2D eigenvalue weighted by Crippen LogP contribution is 2.41. The van der Waals surface area contributed by atoms with Gasteiger partial charge in [-0.05, 0) is 90.4 Å². The molecule has 232 valence electrons. The normalized spacial score (nSPS) is 14.3. The molecule has 0 saturated heterocycles. The lowest BCUT2D eigenvalue weighted by Gasteiger charge is -2.28. The highest BCUT2D eigenvalue weighted by Gasteiger charge is 2.33. The Balaban J connectivity index is 2.02. The second-order valence-corrected chi connectivity index (χ2v) is 22.0. The molecule has 0 fully saturated rings. The van der Waals surface area contributed by atoms with Crippen LogP contribution < -0.4 is 9.46 Å². The van der Waals surface area contributed by atoms with E-state index in [0.29, 0.717) is 23.7 Å². The fourth-order valence-electron chi connectivity index (χ4n) is 5.18. The van der Waals surface area contributed by atoms with Crippen molar-refractivity contribution in [3.05, 3.63) is 59.0 Å². The van der Waals surface area contributed by atoms with E-state index in [0.717, 1.165) is 39.1 Å². The number of methoxy groups -OCH3 is 1. The highest BCUT2D eigenvalue weighted by molar-refractivity contribution is 7.84. The smallest absolute Gasteiger partial charge is 0.134 e. The third-order valence-electron chi connectivity index (χ3n) is 7.56. The zero-order valence-electron chi connectivity index (χ0n) is 27.6. The van der Waals surface area contributed by atoms with E-state index < -0.39 is 29.8 Å². The number of aryl methyl sites for hydroxylation is 1. The van der Waals surface area contributed by atoms with E-state index in [2.05, 4.69) is 81.0 Å². The number of hydrogen-bond donors (Lipinski definition) is 1. The van der Waals surface area contributed by atoms with E-state index in [1.807, 2.05) is 37.5 Å². The van der Waals surface area contributed by atoms with Crippen molar-refractivity contribution in [2.45, 2.75) is 97.2 Å². The van der Waals surface area contributed by atoms with Gasteiger partial charge in [0, 0.05) is 37.4 Å². The van der Waals surface area contributed by atoms with Crippen LogP contribution in [-0.4, -0.2) is 44.9 Å². The zero-order chi connectivity index (χ0) is 31.9. The number of nitriles is 1. The molecule has 43 heavy (non-hydrogen) atoms. The maximum Gasteiger partial charge on any atom is 0.134 e. The van der Waals surface area contributed by atoms with Gasteiger partial charge in [-0.15, -0.1) is 0 Å². The van der Waals surface area contributed by atoms with Gasteiger partial charge in [-0.3, -0.25) is 0 Å². The molecule has 0 saturated carbocycles. The summed E-state index contributed by atoms with van der Waals surface area (Å²) in [6, 6.07) is 12.3. The summed E-state index contributed by atoms with van der Waals surface area (Å²) in [6.45, 7) is 22.4. The predicted octanol–water partition coefficient (Wildman–Crippen LogP) is 7.39. The summed E-state index contributed by atoms with van der Waals surface area (Å²) < 4.78 is 33.4. The number of fused-ring (bicyclic) bond motifs is 2. The molecule has 8 nitrogen and oxygen atoms in total. The Bertz CT molecular complexity index is 1700. The molecule has 2 aromatic carbocycles. The molecule has 1 N–H and O–H groups in total. The minimum Gasteiger partial charge on any atom is -0.496 e. The van der Waals surface area contributed by atoms with E-state index in [1.54, 1.807) is 13.2 Å². The van der Waals surface area contributed by atoms with E-state index in [9.17, 15) is 9.47 Å². The first-order valence-corrected chi connectivity index (χ1v) is 19.7. The average Bonchev–Trinajstić information content (AvgIpc) is 3.51. The highest BCUT2D eigenvalue weighted by atomic mass is 32.2. The van der Waals surface area contributed by atoms with Crippen LogP contribution in [0.1, 0.15) is 70.1 Å². The molecule has 2 aromatic heterocycles. The monoisotopic (exact) mass is 621 g/mol. The molecule has 0 aliphatic heterocycles. The van der Waals surface area contributed by atoms with E-state index in [1.165, 1.54) is 0 Å². The second kappa shape index (κ2) is 12.2. The summed E-state index contributed by atoms with van der Waals surface area (Å²) in [5.41, 5.74) is 4.98. The largest absolute Gasteiger partial charge is 0.496 e. The van der Waals surface area contributed by atoms with Crippen LogP contribution in [0.3, 0.4) is 0 Å². The summed E-state index contributed by atoms with van der Waals surface area (Å²) in [5.74, 6) is 1.35. The lowest BCUT2D eigenvalue weighted by molar-refractivity contribution is 0.0873. The Labute approximate surface area is 260 Å². The predicted molar refractivity (Wildman–Crippen MR) is 180 cm³/mol. The van der Waals surface area contributed by atoms with Crippen molar-refractivity contribution in [2.75, 3.05) is 13.7 Å². The third-order valence-corrected chi connectivity index (χ3v) is 10.8. The molecule has 2 atom stereocenters. The van der Waals surface area contributed by atoms with Crippen molar-refractivity contribution >= 4 is 41.0 Å². The van der Waals surface area contributed by atoms with Gasteiger partial charge in [0.15, 0.2) is 0 Å². The van der Waals surface area contributed by atoms with Crippen LogP contribution in [-0.2, 0) is 28.0 Å².